The lowest BCUT2D eigenvalue weighted by Crippen LogP contribution is -2.50. The lowest BCUT2D eigenvalue weighted by molar-refractivity contribution is 0.172. The maximum absolute atomic E-state index is 11.9. The first-order valence-electron chi connectivity index (χ1n) is 6.78. The number of rotatable bonds is 5. The van der Waals surface area contributed by atoms with Gasteiger partial charge >= 0.3 is 6.03 Å². The Morgan fingerprint density at radius 2 is 2.10 bits per heavy atom. The van der Waals surface area contributed by atoms with Crippen molar-refractivity contribution in [3.8, 4) is 11.3 Å². The number of hydrogen-bond donors (Lipinski definition) is 3. The number of benzene rings is 1. The molecular formula is C15H19N3O3. The van der Waals surface area contributed by atoms with Crippen LogP contribution in [0.2, 0.25) is 0 Å². The first-order valence-corrected chi connectivity index (χ1v) is 6.78. The first kappa shape index (κ1) is 15.1. The molecule has 1 heterocycles. The second-order valence-electron chi connectivity index (χ2n) is 5.09. The quantitative estimate of drug-likeness (QED) is 0.789. The fourth-order valence-electron chi connectivity index (χ4n) is 1.73. The van der Waals surface area contributed by atoms with Crippen molar-refractivity contribution in [2.24, 2.45) is 0 Å². The zero-order chi connectivity index (χ0) is 15.3. The van der Waals surface area contributed by atoms with Crippen molar-refractivity contribution >= 4 is 11.8 Å². The summed E-state index contributed by atoms with van der Waals surface area (Å²) in [4.78, 5) is 11.9. The number of carbonyl (C=O) groups excluding carboxylic acids is 1. The van der Waals surface area contributed by atoms with Gasteiger partial charge in [-0.3, -0.25) is 5.32 Å². The molecule has 3 N–H and O–H groups in total. The van der Waals surface area contributed by atoms with Gasteiger partial charge in [0.2, 0.25) is 0 Å². The Kier molecular flexibility index (Phi) is 4.59. The van der Waals surface area contributed by atoms with Crippen LogP contribution >= 0.6 is 0 Å². The number of nitrogens with one attached hydrogen (secondary N) is 2. The molecule has 112 valence electrons. The average molecular weight is 289 g/mol. The first-order chi connectivity index (χ1) is 10.1. The molecule has 1 atom stereocenters. The molecule has 2 amide bonds. The van der Waals surface area contributed by atoms with E-state index in [1.54, 1.807) is 13.0 Å². The summed E-state index contributed by atoms with van der Waals surface area (Å²) in [6.45, 7) is 3.52. The van der Waals surface area contributed by atoms with Crippen molar-refractivity contribution in [2.75, 3.05) is 11.9 Å². The van der Waals surface area contributed by atoms with E-state index in [1.165, 1.54) is 0 Å². The van der Waals surface area contributed by atoms with E-state index in [1.807, 2.05) is 37.3 Å². The van der Waals surface area contributed by atoms with Crippen LogP contribution in [0, 0.1) is 0 Å². The molecule has 21 heavy (non-hydrogen) atoms. The van der Waals surface area contributed by atoms with Gasteiger partial charge in [-0.25, -0.2) is 4.79 Å². The highest BCUT2D eigenvalue weighted by molar-refractivity contribution is 5.89. The van der Waals surface area contributed by atoms with Gasteiger partial charge in [0.1, 0.15) is 0 Å². The average Bonchev–Trinajstić information content (AvgIpc) is 2.96. The minimum atomic E-state index is -0.657. The summed E-state index contributed by atoms with van der Waals surface area (Å²) in [5.41, 5.74) is 0.225. The van der Waals surface area contributed by atoms with Gasteiger partial charge < -0.3 is 14.9 Å². The second kappa shape index (κ2) is 6.41. The summed E-state index contributed by atoms with van der Waals surface area (Å²) in [6.07, 6.45) is 0.616. The highest BCUT2D eigenvalue weighted by atomic mass is 16.5. The Bertz CT molecular complexity index is 591. The van der Waals surface area contributed by atoms with E-state index in [2.05, 4.69) is 15.8 Å². The lowest BCUT2D eigenvalue weighted by Gasteiger charge is -2.26. The van der Waals surface area contributed by atoms with Gasteiger partial charge in [0.05, 0.1) is 12.1 Å². The number of amides is 2. The molecule has 0 radical (unpaired) electrons. The zero-order valence-corrected chi connectivity index (χ0v) is 12.1. The standard InChI is InChI=1S/C15H19N3O3/c1-3-15(2,10-19)17-14(20)16-13-9-12(21-18-13)11-7-5-4-6-8-11/h4-9,19H,3,10H2,1-2H3,(H2,16,17,18,20). The van der Waals surface area contributed by atoms with Crippen LogP contribution < -0.4 is 10.6 Å². The second-order valence-corrected chi connectivity index (χ2v) is 5.09. The third-order valence-electron chi connectivity index (χ3n) is 3.35. The minimum Gasteiger partial charge on any atom is -0.394 e. The van der Waals surface area contributed by atoms with Crippen LogP contribution in [-0.4, -0.2) is 28.4 Å². The number of carbonyl (C=O) groups is 1. The smallest absolute Gasteiger partial charge is 0.320 e. The van der Waals surface area contributed by atoms with Crippen molar-refractivity contribution in [2.45, 2.75) is 25.8 Å². The molecule has 6 nitrogen and oxygen atoms in total. The fraction of sp³-hybridized carbons (Fsp3) is 0.333. The van der Waals surface area contributed by atoms with E-state index in [9.17, 15) is 9.90 Å². The van der Waals surface area contributed by atoms with Crippen LogP contribution in [0.1, 0.15) is 20.3 Å². The summed E-state index contributed by atoms with van der Waals surface area (Å²) >= 11 is 0. The van der Waals surface area contributed by atoms with Crippen LogP contribution in [0.15, 0.2) is 40.9 Å². The van der Waals surface area contributed by atoms with Crippen molar-refractivity contribution in [1.82, 2.24) is 10.5 Å². The third-order valence-corrected chi connectivity index (χ3v) is 3.35. The van der Waals surface area contributed by atoms with Crippen molar-refractivity contribution in [1.29, 1.82) is 0 Å². The summed E-state index contributed by atoms with van der Waals surface area (Å²) in [5, 5.41) is 18.4. The van der Waals surface area contributed by atoms with Crippen LogP contribution in [0.3, 0.4) is 0 Å². The number of nitrogens with zero attached hydrogens (tertiary/aromatic N) is 1. The van der Waals surface area contributed by atoms with E-state index in [4.69, 9.17) is 4.52 Å². The Hall–Kier alpha value is -2.34. The maximum Gasteiger partial charge on any atom is 0.320 e. The van der Waals surface area contributed by atoms with E-state index in [-0.39, 0.29) is 6.61 Å². The molecular weight excluding hydrogens is 270 g/mol. The highest BCUT2D eigenvalue weighted by Crippen LogP contribution is 2.21. The maximum atomic E-state index is 11.9. The van der Waals surface area contributed by atoms with Crippen LogP contribution in [0.5, 0.6) is 0 Å². The Morgan fingerprint density at radius 1 is 1.38 bits per heavy atom. The van der Waals surface area contributed by atoms with Crippen molar-refractivity contribution in [3.05, 3.63) is 36.4 Å². The molecule has 2 rings (SSSR count). The normalized spacial score (nSPS) is 13.5. The number of urea groups is 1. The van der Waals surface area contributed by atoms with E-state index >= 15 is 0 Å². The molecule has 0 aliphatic rings. The van der Waals surface area contributed by atoms with Crippen molar-refractivity contribution < 1.29 is 14.4 Å². The highest BCUT2D eigenvalue weighted by Gasteiger charge is 2.23. The van der Waals surface area contributed by atoms with Gasteiger partial charge in [-0.05, 0) is 13.3 Å². The summed E-state index contributed by atoms with van der Waals surface area (Å²) in [7, 11) is 0. The molecule has 0 aliphatic carbocycles. The number of aliphatic hydroxyl groups is 1. The van der Waals surface area contributed by atoms with Gasteiger partial charge in [-0.1, -0.05) is 42.4 Å². The van der Waals surface area contributed by atoms with E-state index in [0.717, 1.165) is 5.56 Å². The minimum absolute atomic E-state index is 0.134. The monoisotopic (exact) mass is 289 g/mol. The molecule has 2 aromatic rings. The van der Waals surface area contributed by atoms with Gasteiger partial charge in [0, 0.05) is 11.6 Å². The molecule has 0 aliphatic heterocycles. The summed E-state index contributed by atoms with van der Waals surface area (Å²) in [6, 6.07) is 10.7. The van der Waals surface area contributed by atoms with Gasteiger partial charge in [-0.15, -0.1) is 0 Å². The predicted molar refractivity (Wildman–Crippen MR) is 79.9 cm³/mol. The number of aromatic nitrogens is 1. The topological polar surface area (TPSA) is 87.4 Å². The molecule has 0 saturated carbocycles. The molecule has 1 aromatic carbocycles. The molecule has 0 bridgehead atoms. The molecule has 0 spiro atoms. The van der Waals surface area contributed by atoms with Crippen molar-refractivity contribution in [3.63, 3.8) is 0 Å². The van der Waals surface area contributed by atoms with Crippen LogP contribution in [0.25, 0.3) is 11.3 Å². The molecule has 0 fully saturated rings. The van der Waals surface area contributed by atoms with Gasteiger partial charge in [-0.2, -0.15) is 0 Å². The number of aliphatic hydroxyl groups excluding tert-OH is 1. The number of hydrogen-bond acceptors (Lipinski definition) is 4. The molecule has 6 heteroatoms. The van der Waals surface area contributed by atoms with E-state index in [0.29, 0.717) is 18.0 Å². The summed E-state index contributed by atoms with van der Waals surface area (Å²) < 4.78 is 5.19. The Labute approximate surface area is 123 Å². The molecule has 1 unspecified atom stereocenters. The van der Waals surface area contributed by atoms with Crippen LogP contribution in [-0.2, 0) is 0 Å². The summed E-state index contributed by atoms with van der Waals surface area (Å²) in [5.74, 6) is 0.897. The van der Waals surface area contributed by atoms with Gasteiger partial charge in [0.25, 0.3) is 0 Å². The van der Waals surface area contributed by atoms with Crippen LogP contribution in [0.4, 0.5) is 10.6 Å². The molecule has 1 aromatic heterocycles. The van der Waals surface area contributed by atoms with E-state index < -0.39 is 11.6 Å². The Balaban J connectivity index is 2.01. The zero-order valence-electron chi connectivity index (χ0n) is 12.1. The lowest BCUT2D eigenvalue weighted by atomic mass is 10.0. The predicted octanol–water partition coefficient (Wildman–Crippen LogP) is 2.62. The fourth-order valence-corrected chi connectivity index (χ4v) is 1.73. The van der Waals surface area contributed by atoms with Gasteiger partial charge in [0.15, 0.2) is 11.6 Å². The SMILES string of the molecule is CCC(C)(CO)NC(=O)Nc1cc(-c2ccccc2)on1. The number of anilines is 1. The molecule has 0 saturated heterocycles. The third kappa shape index (κ3) is 3.82. The Morgan fingerprint density at radius 3 is 2.71 bits per heavy atom. The largest absolute Gasteiger partial charge is 0.394 e.